The molecular formula is C21H24F6N10O3. The predicted molar refractivity (Wildman–Crippen MR) is 120 cm³/mol. The Bertz CT molecular complexity index is 1340. The van der Waals surface area contributed by atoms with E-state index in [0.717, 1.165) is 10.9 Å². The molecule has 1 unspecified atom stereocenters. The molecule has 1 fully saturated rings. The smallest absolute Gasteiger partial charge is 0.338 e. The van der Waals surface area contributed by atoms with E-state index in [1.54, 1.807) is 6.92 Å². The Balaban J connectivity index is 1.56. The molecule has 218 valence electrons. The maximum atomic E-state index is 14.8. The Kier molecular flexibility index (Phi) is 8.10. The summed E-state index contributed by atoms with van der Waals surface area (Å²) in [6.45, 7) is 1.53. The van der Waals surface area contributed by atoms with E-state index in [9.17, 15) is 35.9 Å². The average Bonchev–Trinajstić information content (AvgIpc) is 3.58. The number of carbonyl (C=O) groups excluding carboxylic acids is 2. The van der Waals surface area contributed by atoms with E-state index in [1.165, 1.54) is 6.92 Å². The molecule has 19 heteroatoms. The van der Waals surface area contributed by atoms with Crippen molar-refractivity contribution in [1.82, 2.24) is 45.6 Å². The van der Waals surface area contributed by atoms with Gasteiger partial charge >= 0.3 is 6.18 Å². The molecule has 0 saturated heterocycles. The van der Waals surface area contributed by atoms with Crippen LogP contribution < -0.4 is 10.6 Å². The van der Waals surface area contributed by atoms with Crippen LogP contribution in [0.3, 0.4) is 0 Å². The topological polar surface area (TPSA) is 159 Å². The highest BCUT2D eigenvalue weighted by atomic mass is 19.4. The number of hydrogen-bond donors (Lipinski definition) is 2. The van der Waals surface area contributed by atoms with Gasteiger partial charge in [-0.15, -0.1) is 10.2 Å². The third-order valence-corrected chi connectivity index (χ3v) is 6.51. The minimum Gasteiger partial charge on any atom is -0.338 e. The minimum absolute atomic E-state index is 0.104. The van der Waals surface area contributed by atoms with Gasteiger partial charge in [0.15, 0.2) is 11.5 Å². The molecule has 3 aromatic rings. The van der Waals surface area contributed by atoms with Crippen molar-refractivity contribution in [3.05, 3.63) is 29.4 Å². The molecule has 0 spiro atoms. The number of carbonyl (C=O) groups is 2. The van der Waals surface area contributed by atoms with Gasteiger partial charge in [0.05, 0.1) is 6.20 Å². The summed E-state index contributed by atoms with van der Waals surface area (Å²) in [4.78, 5) is 26.0. The zero-order valence-corrected chi connectivity index (χ0v) is 21.1. The van der Waals surface area contributed by atoms with Crippen molar-refractivity contribution in [3.8, 4) is 0 Å². The Hall–Kier alpha value is -4.06. The molecule has 1 aliphatic rings. The summed E-state index contributed by atoms with van der Waals surface area (Å²) in [6, 6.07) is -2.40. The van der Waals surface area contributed by atoms with Crippen molar-refractivity contribution >= 4 is 17.5 Å². The summed E-state index contributed by atoms with van der Waals surface area (Å²) in [5.74, 6) is -6.85. The Morgan fingerprint density at radius 2 is 1.93 bits per heavy atom. The number of tetrazole rings is 1. The first-order valence-corrected chi connectivity index (χ1v) is 12.1. The lowest BCUT2D eigenvalue weighted by atomic mass is 9.81. The van der Waals surface area contributed by atoms with E-state index in [2.05, 4.69) is 46.2 Å². The molecule has 2 amide bonds. The van der Waals surface area contributed by atoms with E-state index in [0.29, 0.717) is 4.68 Å². The van der Waals surface area contributed by atoms with Crippen LogP contribution in [0.5, 0.6) is 0 Å². The van der Waals surface area contributed by atoms with Crippen molar-refractivity contribution in [2.75, 3.05) is 5.32 Å². The molecule has 1 aliphatic carbocycles. The molecule has 2 atom stereocenters. The van der Waals surface area contributed by atoms with Crippen LogP contribution in [0.1, 0.15) is 67.1 Å². The fraction of sp³-hybridized carbons (Fsp3) is 0.619. The highest BCUT2D eigenvalue weighted by molar-refractivity contribution is 6.00. The largest absolute Gasteiger partial charge is 0.408 e. The first-order chi connectivity index (χ1) is 18.8. The zero-order valence-electron chi connectivity index (χ0n) is 21.1. The molecule has 4 rings (SSSR count). The number of aromatic nitrogens is 8. The van der Waals surface area contributed by atoms with E-state index in [-0.39, 0.29) is 36.5 Å². The van der Waals surface area contributed by atoms with E-state index < -0.39 is 72.9 Å². The number of alkyl halides is 5. The SMILES string of the molecule is CCC(c1nnnn1CC(F)(F)F)n1cc(NC(=O)[C@@H](NC(=O)c2nonc2C)C2CCC(F)(F)CC2)c(F)n1. The van der Waals surface area contributed by atoms with Gasteiger partial charge in [-0.05, 0) is 47.7 Å². The molecule has 0 aromatic carbocycles. The third kappa shape index (κ3) is 6.56. The highest BCUT2D eigenvalue weighted by Gasteiger charge is 2.41. The van der Waals surface area contributed by atoms with E-state index in [4.69, 9.17) is 0 Å². The number of rotatable bonds is 9. The number of anilines is 1. The van der Waals surface area contributed by atoms with Crippen molar-refractivity contribution in [3.63, 3.8) is 0 Å². The number of nitrogens with zero attached hydrogens (tertiary/aromatic N) is 8. The standard InChI is InChI=1S/C21H24F6N10O3/c1-3-13(17-30-34-35-37(17)9-21(25,26)27)36-8-12(16(22)31-36)28-19(39)15(11-4-6-20(23,24)7-5-11)29-18(38)14-10(2)32-40-33-14/h8,11,13,15H,3-7,9H2,1-2H3,(H,28,39)(H,29,38)/t13?,15-/m0/s1. The molecule has 40 heavy (non-hydrogen) atoms. The number of amides is 2. The van der Waals surface area contributed by atoms with Gasteiger partial charge in [-0.25, -0.2) is 18.1 Å². The molecule has 0 bridgehead atoms. The van der Waals surface area contributed by atoms with E-state index in [1.807, 2.05) is 0 Å². The first-order valence-electron chi connectivity index (χ1n) is 12.1. The summed E-state index contributed by atoms with van der Waals surface area (Å²) >= 11 is 0. The second-order valence-electron chi connectivity index (χ2n) is 9.38. The zero-order chi connectivity index (χ0) is 29.2. The first kappa shape index (κ1) is 28.9. The molecule has 0 aliphatic heterocycles. The van der Waals surface area contributed by atoms with Crippen LogP contribution in [0, 0.1) is 18.8 Å². The van der Waals surface area contributed by atoms with Crippen LogP contribution in [0.2, 0.25) is 0 Å². The van der Waals surface area contributed by atoms with Gasteiger partial charge in [0, 0.05) is 12.8 Å². The van der Waals surface area contributed by atoms with Gasteiger partial charge in [0.2, 0.25) is 11.8 Å². The Morgan fingerprint density at radius 3 is 2.52 bits per heavy atom. The van der Waals surface area contributed by atoms with Gasteiger partial charge in [-0.2, -0.15) is 17.6 Å². The van der Waals surface area contributed by atoms with Crippen molar-refractivity contribution < 1.29 is 40.6 Å². The van der Waals surface area contributed by atoms with Crippen molar-refractivity contribution in [2.24, 2.45) is 5.92 Å². The Morgan fingerprint density at radius 1 is 1.23 bits per heavy atom. The summed E-state index contributed by atoms with van der Waals surface area (Å²) in [7, 11) is 0. The average molecular weight is 578 g/mol. The van der Waals surface area contributed by atoms with Gasteiger partial charge in [0.25, 0.3) is 11.9 Å². The molecule has 2 N–H and O–H groups in total. The molecular weight excluding hydrogens is 554 g/mol. The van der Waals surface area contributed by atoms with E-state index >= 15 is 0 Å². The molecule has 3 heterocycles. The van der Waals surface area contributed by atoms with Gasteiger partial charge in [-0.3, -0.25) is 14.3 Å². The molecule has 3 aromatic heterocycles. The van der Waals surface area contributed by atoms with Gasteiger partial charge < -0.3 is 10.6 Å². The molecule has 1 saturated carbocycles. The number of nitrogens with one attached hydrogen (secondary N) is 2. The van der Waals surface area contributed by atoms with Gasteiger partial charge in [-0.1, -0.05) is 12.1 Å². The third-order valence-electron chi connectivity index (χ3n) is 6.51. The number of halogens is 6. The summed E-state index contributed by atoms with van der Waals surface area (Å²) in [5.41, 5.74) is -0.559. The summed E-state index contributed by atoms with van der Waals surface area (Å²) in [6.07, 6.45) is -4.73. The van der Waals surface area contributed by atoms with Gasteiger partial charge in [0.1, 0.15) is 30.0 Å². The van der Waals surface area contributed by atoms with Crippen LogP contribution in [-0.2, 0) is 11.3 Å². The lowest BCUT2D eigenvalue weighted by molar-refractivity contribution is -0.143. The van der Waals surface area contributed by atoms with Crippen molar-refractivity contribution in [2.45, 2.75) is 76.7 Å². The number of hydrogen-bond acceptors (Lipinski definition) is 9. The predicted octanol–water partition coefficient (Wildman–Crippen LogP) is 2.82. The normalized spacial score (nSPS) is 17.4. The lowest BCUT2D eigenvalue weighted by Crippen LogP contribution is -2.50. The lowest BCUT2D eigenvalue weighted by Gasteiger charge is -2.33. The summed E-state index contributed by atoms with van der Waals surface area (Å²) < 4.78 is 87.1. The fourth-order valence-electron chi connectivity index (χ4n) is 4.48. The maximum Gasteiger partial charge on any atom is 0.408 e. The highest BCUT2D eigenvalue weighted by Crippen LogP contribution is 2.38. The van der Waals surface area contributed by atoms with Crippen LogP contribution in [0.15, 0.2) is 10.8 Å². The molecule has 13 nitrogen and oxygen atoms in total. The van der Waals surface area contributed by atoms with Crippen molar-refractivity contribution in [1.29, 1.82) is 0 Å². The second kappa shape index (κ2) is 11.2. The summed E-state index contributed by atoms with van der Waals surface area (Å²) in [5, 5.41) is 25.6. The fourth-order valence-corrected chi connectivity index (χ4v) is 4.48. The van der Waals surface area contributed by atoms with Crippen LogP contribution in [0.25, 0.3) is 0 Å². The maximum absolute atomic E-state index is 14.8. The second-order valence-corrected chi connectivity index (χ2v) is 9.38. The Labute approximate surface area is 221 Å². The van der Waals surface area contributed by atoms with Crippen LogP contribution in [0.4, 0.5) is 32.0 Å². The number of aryl methyl sites for hydroxylation is 1. The molecule has 0 radical (unpaired) electrons. The van der Waals surface area contributed by atoms with Crippen LogP contribution >= 0.6 is 0 Å². The quantitative estimate of drug-likeness (QED) is 0.364. The van der Waals surface area contributed by atoms with Crippen LogP contribution in [-0.4, -0.2) is 70.3 Å². The monoisotopic (exact) mass is 578 g/mol. The minimum atomic E-state index is -4.62.